The largest absolute Gasteiger partial charge is 0.381 e. The number of hydrogen-bond acceptors (Lipinski definition) is 3. The highest BCUT2D eigenvalue weighted by Gasteiger charge is 2.31. The molecule has 1 aromatic carbocycles. The van der Waals surface area contributed by atoms with Crippen LogP contribution < -0.4 is 10.6 Å². The third-order valence-electron chi connectivity index (χ3n) is 4.36. The van der Waals surface area contributed by atoms with Crippen molar-refractivity contribution >= 4 is 29.3 Å². The van der Waals surface area contributed by atoms with Gasteiger partial charge < -0.3 is 15.4 Å². The first kappa shape index (κ1) is 18.4. The van der Waals surface area contributed by atoms with Crippen LogP contribution in [-0.2, 0) is 4.74 Å². The van der Waals surface area contributed by atoms with Crippen LogP contribution in [0.15, 0.2) is 29.3 Å². The van der Waals surface area contributed by atoms with Gasteiger partial charge in [0.15, 0.2) is 5.96 Å². The number of aliphatic imine (C=N–C) groups is 1. The van der Waals surface area contributed by atoms with Gasteiger partial charge in [0.1, 0.15) is 0 Å². The minimum atomic E-state index is 0.165. The van der Waals surface area contributed by atoms with E-state index in [1.54, 1.807) is 7.05 Å². The van der Waals surface area contributed by atoms with E-state index in [1.165, 1.54) is 5.56 Å². The van der Waals surface area contributed by atoms with Crippen LogP contribution in [0, 0.1) is 0 Å². The zero-order chi connectivity index (χ0) is 16.7. The van der Waals surface area contributed by atoms with Gasteiger partial charge in [0, 0.05) is 36.6 Å². The summed E-state index contributed by atoms with van der Waals surface area (Å²) in [5, 5.41) is 7.67. The molecule has 23 heavy (non-hydrogen) atoms. The Hall–Kier alpha value is -0.910. The Labute approximate surface area is 148 Å². The van der Waals surface area contributed by atoms with Crippen LogP contribution in [0.5, 0.6) is 0 Å². The highest BCUT2D eigenvalue weighted by molar-refractivity contribution is 8.00. The summed E-state index contributed by atoms with van der Waals surface area (Å²) in [5.74, 6) is 0.826. The van der Waals surface area contributed by atoms with Gasteiger partial charge in [-0.1, -0.05) is 23.7 Å². The number of rotatable bonds is 5. The first-order valence-electron chi connectivity index (χ1n) is 7.94. The SMILES string of the molecule is CN=C(NCC1(SC)CCOCC1)NC(C)c1ccc(Cl)cc1. The van der Waals surface area contributed by atoms with Crippen LogP contribution in [0.3, 0.4) is 0 Å². The minimum absolute atomic E-state index is 0.165. The van der Waals surface area contributed by atoms with Crippen LogP contribution in [0.2, 0.25) is 5.02 Å². The third-order valence-corrected chi connectivity index (χ3v) is 6.03. The Bertz CT molecular complexity index is 515. The molecule has 4 nitrogen and oxygen atoms in total. The van der Waals surface area contributed by atoms with Gasteiger partial charge in [-0.3, -0.25) is 4.99 Å². The zero-order valence-electron chi connectivity index (χ0n) is 14.1. The number of nitrogens with one attached hydrogen (secondary N) is 2. The maximum absolute atomic E-state index is 5.95. The molecular weight excluding hydrogens is 330 g/mol. The van der Waals surface area contributed by atoms with Crippen molar-refractivity contribution < 1.29 is 4.74 Å². The van der Waals surface area contributed by atoms with Crippen molar-refractivity contribution in [2.24, 2.45) is 4.99 Å². The van der Waals surface area contributed by atoms with Crippen molar-refractivity contribution in [3.05, 3.63) is 34.9 Å². The summed E-state index contributed by atoms with van der Waals surface area (Å²) in [5.41, 5.74) is 1.18. The third kappa shape index (κ3) is 5.30. The van der Waals surface area contributed by atoms with Crippen molar-refractivity contribution in [3.63, 3.8) is 0 Å². The zero-order valence-corrected chi connectivity index (χ0v) is 15.6. The van der Waals surface area contributed by atoms with E-state index in [4.69, 9.17) is 16.3 Å². The monoisotopic (exact) mass is 355 g/mol. The number of thioether (sulfide) groups is 1. The normalized spacial score (nSPS) is 19.2. The summed E-state index contributed by atoms with van der Waals surface area (Å²) in [7, 11) is 1.81. The van der Waals surface area contributed by atoms with Gasteiger partial charge in [-0.15, -0.1) is 0 Å². The van der Waals surface area contributed by atoms with E-state index < -0.39 is 0 Å². The molecule has 1 heterocycles. The average molecular weight is 356 g/mol. The predicted octanol–water partition coefficient (Wildman–Crippen LogP) is 3.48. The Morgan fingerprint density at radius 3 is 2.57 bits per heavy atom. The smallest absolute Gasteiger partial charge is 0.191 e. The lowest BCUT2D eigenvalue weighted by Gasteiger charge is -2.36. The summed E-state index contributed by atoms with van der Waals surface area (Å²) >= 11 is 7.87. The van der Waals surface area contributed by atoms with Crippen molar-refractivity contribution in [1.29, 1.82) is 0 Å². The van der Waals surface area contributed by atoms with Gasteiger partial charge in [-0.25, -0.2) is 0 Å². The molecule has 0 bridgehead atoms. The first-order valence-corrected chi connectivity index (χ1v) is 9.54. The Balaban J connectivity index is 1.91. The average Bonchev–Trinajstić information content (AvgIpc) is 2.59. The van der Waals surface area contributed by atoms with E-state index in [0.29, 0.717) is 0 Å². The number of nitrogens with zero attached hydrogens (tertiary/aromatic N) is 1. The van der Waals surface area contributed by atoms with E-state index in [1.807, 2.05) is 36.0 Å². The van der Waals surface area contributed by atoms with E-state index in [-0.39, 0.29) is 10.8 Å². The second kappa shape index (κ2) is 8.81. The lowest BCUT2D eigenvalue weighted by molar-refractivity contribution is 0.0782. The fourth-order valence-electron chi connectivity index (χ4n) is 2.68. The number of guanidine groups is 1. The Kier molecular flexibility index (Phi) is 7.06. The summed E-state index contributed by atoms with van der Waals surface area (Å²) in [6.45, 7) is 4.70. The molecule has 0 radical (unpaired) electrons. The molecule has 1 fully saturated rings. The minimum Gasteiger partial charge on any atom is -0.381 e. The lowest BCUT2D eigenvalue weighted by Crippen LogP contribution is -2.48. The molecule has 6 heteroatoms. The van der Waals surface area contributed by atoms with Crippen LogP contribution in [0.4, 0.5) is 0 Å². The van der Waals surface area contributed by atoms with E-state index in [0.717, 1.165) is 43.6 Å². The number of hydrogen-bond donors (Lipinski definition) is 2. The van der Waals surface area contributed by atoms with Crippen molar-refractivity contribution in [2.45, 2.75) is 30.6 Å². The van der Waals surface area contributed by atoms with Gasteiger partial charge in [0.05, 0.1) is 6.04 Å². The molecule has 0 aliphatic carbocycles. The number of benzene rings is 1. The van der Waals surface area contributed by atoms with E-state index >= 15 is 0 Å². The molecule has 1 aromatic rings. The molecule has 0 amide bonds. The molecule has 1 aliphatic rings. The molecule has 128 valence electrons. The van der Waals surface area contributed by atoms with Crippen molar-refractivity contribution in [1.82, 2.24) is 10.6 Å². The molecule has 1 unspecified atom stereocenters. The standard InChI is InChI=1S/C17H26ClN3OS/c1-13(14-4-6-15(18)7-5-14)21-16(19-2)20-12-17(23-3)8-10-22-11-9-17/h4-7,13H,8-12H2,1-3H3,(H2,19,20,21). The molecule has 1 saturated heterocycles. The van der Waals surface area contributed by atoms with Crippen LogP contribution in [0.1, 0.15) is 31.4 Å². The van der Waals surface area contributed by atoms with Crippen molar-refractivity contribution in [3.8, 4) is 0 Å². The predicted molar refractivity (Wildman–Crippen MR) is 101 cm³/mol. The summed E-state index contributed by atoms with van der Waals surface area (Å²) in [6.07, 6.45) is 4.33. The molecular formula is C17H26ClN3OS. The molecule has 1 atom stereocenters. The van der Waals surface area contributed by atoms with Crippen LogP contribution in [-0.4, -0.2) is 43.8 Å². The summed E-state index contributed by atoms with van der Waals surface area (Å²) < 4.78 is 5.73. The second-order valence-corrected chi connectivity index (χ2v) is 7.55. The topological polar surface area (TPSA) is 45.7 Å². The Morgan fingerprint density at radius 1 is 1.35 bits per heavy atom. The van der Waals surface area contributed by atoms with Gasteiger partial charge in [-0.05, 0) is 43.7 Å². The lowest BCUT2D eigenvalue weighted by atomic mass is 9.99. The maximum atomic E-state index is 5.95. The summed E-state index contributed by atoms with van der Waals surface area (Å²) in [6, 6.07) is 8.06. The van der Waals surface area contributed by atoms with Gasteiger partial charge in [-0.2, -0.15) is 11.8 Å². The highest BCUT2D eigenvalue weighted by Crippen LogP contribution is 2.32. The second-order valence-electron chi connectivity index (χ2n) is 5.84. The highest BCUT2D eigenvalue weighted by atomic mass is 35.5. The quantitative estimate of drug-likeness (QED) is 0.627. The molecule has 0 spiro atoms. The summed E-state index contributed by atoms with van der Waals surface area (Å²) in [4.78, 5) is 4.35. The van der Waals surface area contributed by atoms with E-state index in [9.17, 15) is 0 Å². The van der Waals surface area contributed by atoms with Crippen LogP contribution >= 0.6 is 23.4 Å². The molecule has 0 saturated carbocycles. The maximum Gasteiger partial charge on any atom is 0.191 e. The Morgan fingerprint density at radius 2 is 2.00 bits per heavy atom. The van der Waals surface area contributed by atoms with Gasteiger partial charge in [0.2, 0.25) is 0 Å². The van der Waals surface area contributed by atoms with Crippen molar-refractivity contribution in [2.75, 3.05) is 33.1 Å². The van der Waals surface area contributed by atoms with Gasteiger partial charge in [0.25, 0.3) is 0 Å². The molecule has 0 aromatic heterocycles. The molecule has 1 aliphatic heterocycles. The first-order chi connectivity index (χ1) is 11.1. The van der Waals surface area contributed by atoms with Crippen LogP contribution in [0.25, 0.3) is 0 Å². The number of halogens is 1. The fourth-order valence-corrected chi connectivity index (χ4v) is 3.59. The van der Waals surface area contributed by atoms with Gasteiger partial charge >= 0.3 is 0 Å². The molecule has 2 rings (SSSR count). The number of ether oxygens (including phenoxy) is 1. The van der Waals surface area contributed by atoms with E-state index in [2.05, 4.69) is 28.8 Å². The fraction of sp³-hybridized carbons (Fsp3) is 0.588. The molecule has 2 N–H and O–H groups in total.